The fourth-order valence-corrected chi connectivity index (χ4v) is 3.08. The van der Waals surface area contributed by atoms with Crippen molar-refractivity contribution in [1.29, 1.82) is 0 Å². The Morgan fingerprint density at radius 1 is 1.10 bits per heavy atom. The van der Waals surface area contributed by atoms with Gasteiger partial charge >= 0.3 is 0 Å². The number of nitrogens with one attached hydrogen (secondary N) is 2. The molecule has 1 saturated heterocycles. The van der Waals surface area contributed by atoms with Crippen LogP contribution >= 0.6 is 0 Å². The number of aromatic nitrogens is 3. The van der Waals surface area contributed by atoms with E-state index in [1.165, 1.54) is 38.5 Å². The van der Waals surface area contributed by atoms with E-state index in [2.05, 4.69) is 25.8 Å². The molecule has 2 aliphatic rings. The lowest BCUT2D eigenvalue weighted by molar-refractivity contribution is 0.120. The minimum Gasteiger partial charge on any atom is -0.376 e. The average Bonchev–Trinajstić information content (AvgIpc) is 2.90. The van der Waals surface area contributed by atoms with E-state index >= 15 is 0 Å². The van der Waals surface area contributed by atoms with E-state index in [1.807, 2.05) is 0 Å². The van der Waals surface area contributed by atoms with E-state index in [0.29, 0.717) is 18.1 Å². The van der Waals surface area contributed by atoms with Crippen LogP contribution in [0.3, 0.4) is 0 Å². The quantitative estimate of drug-likeness (QED) is 0.813. The summed E-state index contributed by atoms with van der Waals surface area (Å²) in [5.74, 6) is 1.41. The molecule has 0 radical (unpaired) electrons. The van der Waals surface area contributed by atoms with Gasteiger partial charge in [-0.3, -0.25) is 0 Å². The third kappa shape index (κ3) is 4.52. The second kappa shape index (κ2) is 7.54. The van der Waals surface area contributed by atoms with Crippen molar-refractivity contribution >= 4 is 11.8 Å². The summed E-state index contributed by atoms with van der Waals surface area (Å²) in [5.41, 5.74) is 0. The third-order valence-electron chi connectivity index (χ3n) is 4.28. The molecule has 1 aliphatic carbocycles. The predicted molar refractivity (Wildman–Crippen MR) is 82.4 cm³/mol. The highest BCUT2D eigenvalue weighted by atomic mass is 16.5. The monoisotopic (exact) mass is 291 g/mol. The van der Waals surface area contributed by atoms with Crippen LogP contribution in [0.15, 0.2) is 6.20 Å². The molecule has 3 rings (SSSR count). The molecule has 2 N–H and O–H groups in total. The first-order valence-electron chi connectivity index (χ1n) is 8.22. The van der Waals surface area contributed by atoms with Crippen LogP contribution in [0.1, 0.15) is 51.4 Å². The van der Waals surface area contributed by atoms with Gasteiger partial charge in [0, 0.05) is 19.2 Å². The van der Waals surface area contributed by atoms with Crippen LogP contribution in [-0.2, 0) is 4.74 Å². The first-order chi connectivity index (χ1) is 10.4. The van der Waals surface area contributed by atoms with Crippen molar-refractivity contribution in [2.24, 2.45) is 0 Å². The van der Waals surface area contributed by atoms with Gasteiger partial charge in [-0.25, -0.2) is 0 Å². The third-order valence-corrected chi connectivity index (χ3v) is 4.28. The molecule has 0 bridgehead atoms. The van der Waals surface area contributed by atoms with Crippen molar-refractivity contribution in [1.82, 2.24) is 15.2 Å². The van der Waals surface area contributed by atoms with E-state index in [0.717, 1.165) is 31.8 Å². The number of nitrogens with zero attached hydrogens (tertiary/aromatic N) is 3. The molecule has 1 aromatic rings. The number of rotatable bonds is 5. The van der Waals surface area contributed by atoms with Gasteiger partial charge < -0.3 is 15.4 Å². The Morgan fingerprint density at radius 3 is 2.71 bits per heavy atom. The summed E-state index contributed by atoms with van der Waals surface area (Å²) in [6.45, 7) is 1.67. The lowest BCUT2D eigenvalue weighted by atomic mass is 10.1. The van der Waals surface area contributed by atoms with Crippen LogP contribution in [0.25, 0.3) is 0 Å². The van der Waals surface area contributed by atoms with Gasteiger partial charge in [0.25, 0.3) is 0 Å². The van der Waals surface area contributed by atoms with Gasteiger partial charge in [0.15, 0.2) is 5.82 Å². The van der Waals surface area contributed by atoms with Crippen molar-refractivity contribution in [2.45, 2.75) is 63.5 Å². The number of anilines is 2. The van der Waals surface area contributed by atoms with Crippen LogP contribution in [0.5, 0.6) is 0 Å². The summed E-state index contributed by atoms with van der Waals surface area (Å²) in [6, 6.07) is 0.489. The molecule has 1 unspecified atom stereocenters. The number of ether oxygens (including phenoxy) is 1. The SMILES string of the molecule is c1nnc(NC2CCCCCC2)nc1NCC1CCCO1. The minimum atomic E-state index is 0.304. The molecule has 0 aromatic carbocycles. The maximum absolute atomic E-state index is 5.60. The van der Waals surface area contributed by atoms with E-state index in [-0.39, 0.29) is 0 Å². The van der Waals surface area contributed by atoms with Crippen molar-refractivity contribution in [3.8, 4) is 0 Å². The van der Waals surface area contributed by atoms with Crippen LogP contribution in [0, 0.1) is 0 Å². The smallest absolute Gasteiger partial charge is 0.244 e. The minimum absolute atomic E-state index is 0.304. The van der Waals surface area contributed by atoms with Crippen LogP contribution in [0.2, 0.25) is 0 Å². The molecule has 0 spiro atoms. The summed E-state index contributed by atoms with van der Waals surface area (Å²) < 4.78 is 5.60. The van der Waals surface area contributed by atoms with Gasteiger partial charge in [0.05, 0.1) is 12.3 Å². The Balaban J connectivity index is 1.52. The summed E-state index contributed by atoms with van der Waals surface area (Å²) in [5, 5.41) is 14.9. The molecule has 1 aliphatic heterocycles. The zero-order chi connectivity index (χ0) is 14.3. The number of hydrogen-bond acceptors (Lipinski definition) is 6. The summed E-state index contributed by atoms with van der Waals surface area (Å²) in [7, 11) is 0. The van der Waals surface area contributed by atoms with Crippen molar-refractivity contribution in [3.05, 3.63) is 6.20 Å². The Morgan fingerprint density at radius 2 is 1.95 bits per heavy atom. The largest absolute Gasteiger partial charge is 0.376 e. The maximum Gasteiger partial charge on any atom is 0.244 e. The van der Waals surface area contributed by atoms with Crippen LogP contribution < -0.4 is 10.6 Å². The highest BCUT2D eigenvalue weighted by Crippen LogP contribution is 2.20. The second-order valence-electron chi connectivity index (χ2n) is 6.01. The molecule has 2 heterocycles. The summed E-state index contributed by atoms with van der Waals surface area (Å²) in [4.78, 5) is 4.51. The zero-order valence-electron chi connectivity index (χ0n) is 12.6. The molecule has 1 atom stereocenters. The lowest BCUT2D eigenvalue weighted by Gasteiger charge is -2.16. The summed E-state index contributed by atoms with van der Waals surface area (Å²) in [6.07, 6.45) is 12.0. The maximum atomic E-state index is 5.60. The topological polar surface area (TPSA) is 72.0 Å². The van der Waals surface area contributed by atoms with Crippen LogP contribution in [-0.4, -0.2) is 40.5 Å². The normalized spacial score (nSPS) is 23.7. The first kappa shape index (κ1) is 14.5. The lowest BCUT2D eigenvalue weighted by Crippen LogP contribution is -2.22. The van der Waals surface area contributed by atoms with Gasteiger partial charge in [-0.15, -0.1) is 5.10 Å². The highest BCUT2D eigenvalue weighted by molar-refractivity contribution is 5.37. The molecule has 6 heteroatoms. The second-order valence-corrected chi connectivity index (χ2v) is 6.01. The van der Waals surface area contributed by atoms with Gasteiger partial charge in [0.1, 0.15) is 0 Å². The molecule has 2 fully saturated rings. The Bertz CT molecular complexity index is 428. The average molecular weight is 291 g/mol. The predicted octanol–water partition coefficient (Wildman–Crippen LogP) is 2.60. The molecule has 21 heavy (non-hydrogen) atoms. The summed E-state index contributed by atoms with van der Waals surface area (Å²) >= 11 is 0. The molecule has 116 valence electrons. The van der Waals surface area contributed by atoms with E-state index in [9.17, 15) is 0 Å². The zero-order valence-corrected chi connectivity index (χ0v) is 12.6. The van der Waals surface area contributed by atoms with Gasteiger partial charge in [-0.1, -0.05) is 25.7 Å². The standard InChI is InChI=1S/C15H25N5O/c1-2-4-7-12(6-3-1)18-15-19-14(11-17-20-15)16-10-13-8-5-9-21-13/h11-13H,1-10H2,(H2,16,18,19,20). The van der Waals surface area contributed by atoms with E-state index in [1.54, 1.807) is 6.20 Å². The fourth-order valence-electron chi connectivity index (χ4n) is 3.08. The first-order valence-corrected chi connectivity index (χ1v) is 8.22. The van der Waals surface area contributed by atoms with Crippen LogP contribution in [0.4, 0.5) is 11.8 Å². The van der Waals surface area contributed by atoms with Crippen molar-refractivity contribution in [3.63, 3.8) is 0 Å². The van der Waals surface area contributed by atoms with Gasteiger partial charge in [0.2, 0.25) is 5.95 Å². The fraction of sp³-hybridized carbons (Fsp3) is 0.800. The van der Waals surface area contributed by atoms with E-state index < -0.39 is 0 Å². The Hall–Kier alpha value is -1.43. The van der Waals surface area contributed by atoms with Crippen molar-refractivity contribution < 1.29 is 4.74 Å². The molecule has 6 nitrogen and oxygen atoms in total. The highest BCUT2D eigenvalue weighted by Gasteiger charge is 2.16. The molecule has 0 amide bonds. The number of hydrogen-bond donors (Lipinski definition) is 2. The Labute approximate surface area is 126 Å². The van der Waals surface area contributed by atoms with E-state index in [4.69, 9.17) is 4.74 Å². The van der Waals surface area contributed by atoms with Gasteiger partial charge in [-0.05, 0) is 25.7 Å². The van der Waals surface area contributed by atoms with Crippen molar-refractivity contribution in [2.75, 3.05) is 23.8 Å². The molecular weight excluding hydrogens is 266 g/mol. The van der Waals surface area contributed by atoms with Gasteiger partial charge in [-0.2, -0.15) is 10.1 Å². The Kier molecular flexibility index (Phi) is 5.21. The molecular formula is C15H25N5O. The molecule has 1 aromatic heterocycles. The molecule has 1 saturated carbocycles.